The lowest BCUT2D eigenvalue weighted by Crippen LogP contribution is -2.32. The lowest BCUT2D eigenvalue weighted by molar-refractivity contribution is -0.126. The quantitative estimate of drug-likeness (QED) is 0.571. The molecule has 0 aromatic heterocycles. The summed E-state index contributed by atoms with van der Waals surface area (Å²) in [5.74, 6) is -0.682. The van der Waals surface area contributed by atoms with Gasteiger partial charge in [-0.15, -0.1) is 0 Å². The summed E-state index contributed by atoms with van der Waals surface area (Å²) in [6.07, 6.45) is 0.171. The Morgan fingerprint density at radius 3 is 2.45 bits per heavy atom. The molecule has 2 aromatic rings. The number of nitrogens with one attached hydrogen (secondary N) is 2. The number of sulfonamides is 1. The number of benzene rings is 2. The molecule has 166 valence electrons. The highest BCUT2D eigenvalue weighted by molar-refractivity contribution is 7.89. The van der Waals surface area contributed by atoms with Crippen molar-refractivity contribution in [3.05, 3.63) is 59.7 Å². The van der Waals surface area contributed by atoms with Gasteiger partial charge < -0.3 is 15.0 Å². The van der Waals surface area contributed by atoms with Crippen molar-refractivity contribution in [1.29, 1.82) is 0 Å². The Hall–Kier alpha value is -2.75. The number of aryl methyl sites for hydroxylation is 1. The minimum absolute atomic E-state index is 0.0699. The maximum absolute atomic E-state index is 12.6. The van der Waals surface area contributed by atoms with Gasteiger partial charge in [-0.25, -0.2) is 13.1 Å². The fourth-order valence-corrected chi connectivity index (χ4v) is 4.35. The summed E-state index contributed by atoms with van der Waals surface area (Å²) in [6, 6.07) is 13.9. The van der Waals surface area contributed by atoms with Gasteiger partial charge in [-0.1, -0.05) is 29.8 Å². The van der Waals surface area contributed by atoms with Crippen molar-refractivity contribution in [2.45, 2.75) is 24.8 Å². The number of amides is 2. The largest absolute Gasteiger partial charge is 0.383 e. The molecule has 31 heavy (non-hydrogen) atoms. The third-order valence-electron chi connectivity index (χ3n) is 5.14. The molecule has 1 aliphatic rings. The second-order valence-electron chi connectivity index (χ2n) is 7.49. The number of rotatable bonds is 9. The van der Waals surface area contributed by atoms with Crippen LogP contribution in [-0.2, 0) is 30.9 Å². The van der Waals surface area contributed by atoms with Gasteiger partial charge in [0.2, 0.25) is 21.8 Å². The molecule has 0 saturated carbocycles. The maximum atomic E-state index is 12.6. The molecule has 9 heteroatoms. The van der Waals surface area contributed by atoms with Crippen LogP contribution >= 0.6 is 0 Å². The number of hydrogen-bond acceptors (Lipinski definition) is 5. The standard InChI is InChI=1S/C22H27N3O5S/c1-16-3-7-19(8-4-16)25-15-18(13-21(25)26)22(27)23-14-17-5-9-20(10-6-17)31(28,29)24-11-12-30-2/h3-10,18,24H,11-15H2,1-2H3,(H,23,27). The molecule has 1 unspecified atom stereocenters. The Bertz CT molecular complexity index is 1020. The third kappa shape index (κ3) is 5.90. The third-order valence-corrected chi connectivity index (χ3v) is 6.62. The number of carbonyl (C=O) groups excluding carboxylic acids is 2. The van der Waals surface area contributed by atoms with E-state index < -0.39 is 15.9 Å². The molecule has 0 radical (unpaired) electrons. The van der Waals surface area contributed by atoms with Crippen LogP contribution in [0.3, 0.4) is 0 Å². The van der Waals surface area contributed by atoms with Crippen molar-refractivity contribution in [3.8, 4) is 0 Å². The van der Waals surface area contributed by atoms with Crippen LogP contribution in [0.1, 0.15) is 17.5 Å². The van der Waals surface area contributed by atoms with Crippen LogP contribution < -0.4 is 14.9 Å². The van der Waals surface area contributed by atoms with E-state index in [2.05, 4.69) is 10.0 Å². The van der Waals surface area contributed by atoms with E-state index in [1.54, 1.807) is 17.0 Å². The van der Waals surface area contributed by atoms with E-state index in [0.717, 1.165) is 16.8 Å². The summed E-state index contributed by atoms with van der Waals surface area (Å²) in [7, 11) is -2.10. The van der Waals surface area contributed by atoms with Crippen LogP contribution in [0.5, 0.6) is 0 Å². The smallest absolute Gasteiger partial charge is 0.240 e. The van der Waals surface area contributed by atoms with Gasteiger partial charge in [0, 0.05) is 38.9 Å². The predicted octanol–water partition coefficient (Wildman–Crippen LogP) is 1.59. The summed E-state index contributed by atoms with van der Waals surface area (Å²) in [5, 5.41) is 2.84. The van der Waals surface area contributed by atoms with Crippen molar-refractivity contribution in [3.63, 3.8) is 0 Å². The molecule has 1 aliphatic heterocycles. The Balaban J connectivity index is 1.54. The van der Waals surface area contributed by atoms with E-state index in [1.807, 2.05) is 31.2 Å². The zero-order valence-electron chi connectivity index (χ0n) is 17.6. The second kappa shape index (κ2) is 10.0. The zero-order valence-corrected chi connectivity index (χ0v) is 18.4. The van der Waals surface area contributed by atoms with Crippen LogP contribution in [0.15, 0.2) is 53.4 Å². The first kappa shape index (κ1) is 22.9. The van der Waals surface area contributed by atoms with Crippen molar-refractivity contribution < 1.29 is 22.7 Å². The molecule has 1 fully saturated rings. The average molecular weight is 446 g/mol. The number of carbonyl (C=O) groups is 2. The van der Waals surface area contributed by atoms with Crippen LogP contribution in [0.25, 0.3) is 0 Å². The summed E-state index contributed by atoms with van der Waals surface area (Å²) < 4.78 is 31.7. The highest BCUT2D eigenvalue weighted by Gasteiger charge is 2.34. The van der Waals surface area contributed by atoms with Gasteiger partial charge in [0.25, 0.3) is 0 Å². The lowest BCUT2D eigenvalue weighted by atomic mass is 10.1. The van der Waals surface area contributed by atoms with Crippen LogP contribution in [0, 0.1) is 12.8 Å². The van der Waals surface area contributed by atoms with Crippen LogP contribution in [0.2, 0.25) is 0 Å². The first-order chi connectivity index (χ1) is 14.8. The van der Waals surface area contributed by atoms with E-state index in [0.29, 0.717) is 6.54 Å². The summed E-state index contributed by atoms with van der Waals surface area (Å²) >= 11 is 0. The molecular weight excluding hydrogens is 418 g/mol. The van der Waals surface area contributed by atoms with Gasteiger partial charge in [-0.2, -0.15) is 0 Å². The van der Waals surface area contributed by atoms with Crippen molar-refractivity contribution in [2.75, 3.05) is 31.7 Å². The van der Waals surface area contributed by atoms with Crippen LogP contribution in [0.4, 0.5) is 5.69 Å². The van der Waals surface area contributed by atoms with Crippen molar-refractivity contribution in [2.24, 2.45) is 5.92 Å². The van der Waals surface area contributed by atoms with Gasteiger partial charge >= 0.3 is 0 Å². The normalized spacial score (nSPS) is 16.5. The van der Waals surface area contributed by atoms with Gasteiger partial charge in [0.15, 0.2) is 0 Å². The molecule has 2 amide bonds. The van der Waals surface area contributed by atoms with E-state index in [-0.39, 0.29) is 42.8 Å². The highest BCUT2D eigenvalue weighted by atomic mass is 32.2. The molecule has 1 saturated heterocycles. The maximum Gasteiger partial charge on any atom is 0.240 e. The van der Waals surface area contributed by atoms with E-state index in [9.17, 15) is 18.0 Å². The Labute approximate surface area is 182 Å². The van der Waals surface area contributed by atoms with Crippen molar-refractivity contribution in [1.82, 2.24) is 10.0 Å². The topological polar surface area (TPSA) is 105 Å². The summed E-state index contributed by atoms with van der Waals surface area (Å²) in [4.78, 5) is 26.7. The fourth-order valence-electron chi connectivity index (χ4n) is 3.34. The molecule has 0 spiro atoms. The molecule has 2 aromatic carbocycles. The molecule has 0 aliphatic carbocycles. The van der Waals surface area contributed by atoms with E-state index in [4.69, 9.17) is 4.74 Å². The molecule has 8 nitrogen and oxygen atoms in total. The zero-order chi connectivity index (χ0) is 22.4. The number of hydrogen-bond donors (Lipinski definition) is 2. The number of methoxy groups -OCH3 is 1. The van der Waals surface area contributed by atoms with Gasteiger partial charge in [-0.05, 0) is 36.8 Å². The first-order valence-corrected chi connectivity index (χ1v) is 11.5. The van der Waals surface area contributed by atoms with Gasteiger partial charge in [0.05, 0.1) is 17.4 Å². The minimum atomic E-state index is -3.60. The number of anilines is 1. The van der Waals surface area contributed by atoms with Gasteiger partial charge in [0.1, 0.15) is 0 Å². The summed E-state index contributed by atoms with van der Waals surface area (Å²) in [5.41, 5.74) is 2.67. The van der Waals surface area contributed by atoms with Gasteiger partial charge in [-0.3, -0.25) is 9.59 Å². The first-order valence-electron chi connectivity index (χ1n) is 10.0. The SMILES string of the molecule is COCCNS(=O)(=O)c1ccc(CNC(=O)C2CC(=O)N(c3ccc(C)cc3)C2)cc1. The lowest BCUT2D eigenvalue weighted by Gasteiger charge is -2.17. The number of nitrogens with zero attached hydrogens (tertiary/aromatic N) is 1. The Morgan fingerprint density at radius 1 is 1.13 bits per heavy atom. The minimum Gasteiger partial charge on any atom is -0.383 e. The molecule has 3 rings (SSSR count). The molecule has 1 heterocycles. The molecule has 0 bridgehead atoms. The predicted molar refractivity (Wildman–Crippen MR) is 117 cm³/mol. The van der Waals surface area contributed by atoms with Crippen molar-refractivity contribution >= 4 is 27.5 Å². The number of ether oxygens (including phenoxy) is 1. The summed E-state index contributed by atoms with van der Waals surface area (Å²) in [6.45, 7) is 3.06. The van der Waals surface area contributed by atoms with E-state index in [1.165, 1.54) is 19.2 Å². The fraction of sp³-hybridized carbons (Fsp3) is 0.364. The van der Waals surface area contributed by atoms with Crippen LogP contribution in [-0.4, -0.2) is 47.0 Å². The molecule has 1 atom stereocenters. The second-order valence-corrected chi connectivity index (χ2v) is 9.26. The monoisotopic (exact) mass is 445 g/mol. The Morgan fingerprint density at radius 2 is 1.81 bits per heavy atom. The molecule has 2 N–H and O–H groups in total. The Kier molecular flexibility index (Phi) is 7.42. The van der Waals surface area contributed by atoms with E-state index >= 15 is 0 Å². The molecular formula is C22H27N3O5S. The highest BCUT2D eigenvalue weighted by Crippen LogP contribution is 2.25. The average Bonchev–Trinajstić information content (AvgIpc) is 3.15.